The maximum Gasteiger partial charge on any atom is 0.216 e. The number of aromatic nitrogens is 1. The third kappa shape index (κ3) is 3.22. The Morgan fingerprint density at radius 1 is 1.56 bits per heavy atom. The van der Waals surface area contributed by atoms with E-state index in [9.17, 15) is 0 Å². The molecule has 1 aromatic heterocycles. The van der Waals surface area contributed by atoms with Gasteiger partial charge in [0.15, 0.2) is 0 Å². The van der Waals surface area contributed by atoms with E-state index >= 15 is 0 Å². The van der Waals surface area contributed by atoms with Crippen molar-refractivity contribution in [1.82, 2.24) is 15.7 Å². The molecule has 0 amide bonds. The lowest BCUT2D eigenvalue weighted by Crippen LogP contribution is -2.43. The fourth-order valence-corrected chi connectivity index (χ4v) is 2.17. The van der Waals surface area contributed by atoms with E-state index in [1.807, 2.05) is 13.8 Å². The summed E-state index contributed by atoms with van der Waals surface area (Å²) in [4.78, 5) is 8.75. The zero-order chi connectivity index (χ0) is 13.0. The lowest BCUT2D eigenvalue weighted by Gasteiger charge is -2.15. The number of aryl methyl sites for hydroxylation is 1. The molecule has 1 aliphatic carbocycles. The lowest BCUT2D eigenvalue weighted by molar-refractivity contribution is 0.427. The summed E-state index contributed by atoms with van der Waals surface area (Å²) in [5, 5.41) is 3.18. The number of nitrogens with one attached hydrogen (secondary N) is 2. The Balaban J connectivity index is 1.97. The molecule has 1 heterocycles. The molecule has 1 unspecified atom stereocenters. The van der Waals surface area contributed by atoms with Crippen molar-refractivity contribution in [3.05, 3.63) is 17.8 Å². The van der Waals surface area contributed by atoms with Crippen LogP contribution in [-0.4, -0.2) is 17.0 Å². The Morgan fingerprint density at radius 3 is 2.83 bits per heavy atom. The number of rotatable bonds is 3. The summed E-state index contributed by atoms with van der Waals surface area (Å²) < 4.78 is 5.46. The Hall–Kier alpha value is -1.56. The third-order valence-corrected chi connectivity index (χ3v) is 3.14. The van der Waals surface area contributed by atoms with Crippen molar-refractivity contribution in [3.8, 4) is 0 Å². The van der Waals surface area contributed by atoms with Gasteiger partial charge in [-0.15, -0.1) is 0 Å². The largest absolute Gasteiger partial charge is 0.444 e. The van der Waals surface area contributed by atoms with Gasteiger partial charge < -0.3 is 9.73 Å². The summed E-state index contributed by atoms with van der Waals surface area (Å²) >= 11 is 0. The Morgan fingerprint density at radius 2 is 2.28 bits per heavy atom. The molecule has 0 saturated heterocycles. The first-order chi connectivity index (χ1) is 8.69. The van der Waals surface area contributed by atoms with Crippen LogP contribution in [-0.2, 0) is 0 Å². The zero-order valence-electron chi connectivity index (χ0n) is 10.9. The third-order valence-electron chi connectivity index (χ3n) is 3.14. The topological polar surface area (TPSA) is 88.5 Å². The molecule has 6 heteroatoms. The van der Waals surface area contributed by atoms with Gasteiger partial charge in [0.05, 0.1) is 12.2 Å². The van der Waals surface area contributed by atoms with E-state index in [2.05, 4.69) is 20.7 Å². The summed E-state index contributed by atoms with van der Waals surface area (Å²) in [7, 11) is 0. The van der Waals surface area contributed by atoms with Crippen molar-refractivity contribution in [2.45, 2.75) is 51.6 Å². The summed E-state index contributed by atoms with van der Waals surface area (Å²) in [6.45, 7) is 3.84. The van der Waals surface area contributed by atoms with Crippen LogP contribution in [0.15, 0.2) is 15.6 Å². The van der Waals surface area contributed by atoms with Gasteiger partial charge in [-0.3, -0.25) is 5.43 Å². The first kappa shape index (κ1) is 12.9. The van der Waals surface area contributed by atoms with E-state index in [0.717, 1.165) is 18.6 Å². The van der Waals surface area contributed by atoms with E-state index in [-0.39, 0.29) is 6.04 Å². The smallest absolute Gasteiger partial charge is 0.216 e. The second-order valence-corrected chi connectivity index (χ2v) is 4.74. The molecule has 0 aromatic carbocycles. The van der Waals surface area contributed by atoms with Crippen molar-refractivity contribution in [1.29, 1.82) is 0 Å². The van der Waals surface area contributed by atoms with E-state index in [1.54, 1.807) is 6.20 Å². The Kier molecular flexibility index (Phi) is 4.19. The number of oxazole rings is 1. The molecule has 1 atom stereocenters. The predicted molar refractivity (Wildman–Crippen MR) is 69.8 cm³/mol. The predicted octanol–water partition coefficient (Wildman–Crippen LogP) is 1.40. The SMILES string of the molecule is Cc1cnc(C(C)NC(=NC2CCCC2)NN)o1. The van der Waals surface area contributed by atoms with Gasteiger partial charge >= 0.3 is 0 Å². The highest BCUT2D eigenvalue weighted by atomic mass is 16.4. The number of guanidine groups is 1. The normalized spacial score (nSPS) is 18.9. The number of aliphatic imine (C=N–C) groups is 1. The number of hydrogen-bond acceptors (Lipinski definition) is 4. The highest BCUT2D eigenvalue weighted by Crippen LogP contribution is 2.21. The van der Waals surface area contributed by atoms with Crippen molar-refractivity contribution in [2.75, 3.05) is 0 Å². The fraction of sp³-hybridized carbons (Fsp3) is 0.667. The fourth-order valence-electron chi connectivity index (χ4n) is 2.17. The second kappa shape index (κ2) is 5.86. The molecule has 18 heavy (non-hydrogen) atoms. The number of hydrogen-bond donors (Lipinski definition) is 3. The van der Waals surface area contributed by atoms with Gasteiger partial charge in [0.25, 0.3) is 0 Å². The molecule has 0 radical (unpaired) electrons. The molecule has 2 rings (SSSR count). The molecule has 0 spiro atoms. The molecule has 1 fully saturated rings. The van der Waals surface area contributed by atoms with Gasteiger partial charge in [-0.05, 0) is 26.7 Å². The maximum atomic E-state index is 5.49. The van der Waals surface area contributed by atoms with Crippen LogP contribution in [0.2, 0.25) is 0 Å². The van der Waals surface area contributed by atoms with Crippen molar-refractivity contribution in [3.63, 3.8) is 0 Å². The molecule has 1 aromatic rings. The van der Waals surface area contributed by atoms with Crippen LogP contribution < -0.4 is 16.6 Å². The van der Waals surface area contributed by atoms with Crippen LogP contribution in [0, 0.1) is 6.92 Å². The minimum atomic E-state index is -0.0603. The monoisotopic (exact) mass is 251 g/mol. The summed E-state index contributed by atoms with van der Waals surface area (Å²) in [6, 6.07) is 0.317. The molecule has 0 aliphatic heterocycles. The van der Waals surface area contributed by atoms with Crippen molar-refractivity contribution >= 4 is 5.96 Å². The maximum absolute atomic E-state index is 5.49. The standard InChI is InChI=1S/C12H21N5O/c1-8-7-14-11(18-8)9(2)15-12(17-13)16-10-5-3-4-6-10/h7,9-10H,3-6,13H2,1-2H3,(H2,15,16,17). The number of hydrazine groups is 1. The van der Waals surface area contributed by atoms with Crippen LogP contribution in [0.5, 0.6) is 0 Å². The van der Waals surface area contributed by atoms with Crippen LogP contribution in [0.3, 0.4) is 0 Å². The zero-order valence-corrected chi connectivity index (χ0v) is 10.9. The molecule has 4 N–H and O–H groups in total. The van der Waals surface area contributed by atoms with Crippen LogP contribution in [0.25, 0.3) is 0 Å². The molecule has 0 bridgehead atoms. The molecule has 1 saturated carbocycles. The van der Waals surface area contributed by atoms with Crippen molar-refractivity contribution < 1.29 is 4.42 Å². The minimum Gasteiger partial charge on any atom is -0.444 e. The average molecular weight is 251 g/mol. The van der Waals surface area contributed by atoms with E-state index < -0.39 is 0 Å². The first-order valence-corrected chi connectivity index (χ1v) is 6.42. The Labute approximate surface area is 107 Å². The summed E-state index contributed by atoms with van der Waals surface area (Å²) in [5.74, 6) is 7.53. The van der Waals surface area contributed by atoms with Crippen LogP contribution >= 0.6 is 0 Å². The van der Waals surface area contributed by atoms with Gasteiger partial charge in [0, 0.05) is 0 Å². The van der Waals surface area contributed by atoms with Crippen molar-refractivity contribution in [2.24, 2.45) is 10.8 Å². The summed E-state index contributed by atoms with van der Waals surface area (Å²) in [5.41, 5.74) is 2.61. The van der Waals surface area contributed by atoms with Crippen LogP contribution in [0.4, 0.5) is 0 Å². The van der Waals surface area contributed by atoms with Gasteiger partial charge in [-0.2, -0.15) is 0 Å². The minimum absolute atomic E-state index is 0.0603. The molecule has 100 valence electrons. The van der Waals surface area contributed by atoms with Crippen LogP contribution in [0.1, 0.15) is 50.3 Å². The van der Waals surface area contributed by atoms with E-state index in [4.69, 9.17) is 10.3 Å². The molecule has 1 aliphatic rings. The Bertz CT molecular complexity index is 408. The number of nitrogens with zero attached hydrogens (tertiary/aromatic N) is 2. The van der Waals surface area contributed by atoms with E-state index in [1.165, 1.54) is 12.8 Å². The molecular formula is C12H21N5O. The van der Waals surface area contributed by atoms with Gasteiger partial charge in [0.1, 0.15) is 11.8 Å². The highest BCUT2D eigenvalue weighted by molar-refractivity contribution is 5.79. The number of nitrogens with two attached hydrogens (primary N) is 1. The molecule has 6 nitrogen and oxygen atoms in total. The quantitative estimate of drug-likeness (QED) is 0.327. The lowest BCUT2D eigenvalue weighted by atomic mass is 10.3. The first-order valence-electron chi connectivity index (χ1n) is 6.42. The van der Waals surface area contributed by atoms with E-state index in [0.29, 0.717) is 17.9 Å². The molecular weight excluding hydrogens is 230 g/mol. The van der Waals surface area contributed by atoms with Gasteiger partial charge in [-0.25, -0.2) is 15.8 Å². The summed E-state index contributed by atoms with van der Waals surface area (Å²) in [6.07, 6.45) is 6.48. The average Bonchev–Trinajstić information content (AvgIpc) is 2.99. The highest BCUT2D eigenvalue weighted by Gasteiger charge is 2.17. The van der Waals surface area contributed by atoms with Gasteiger partial charge in [-0.1, -0.05) is 12.8 Å². The second-order valence-electron chi connectivity index (χ2n) is 4.74. The van der Waals surface area contributed by atoms with Gasteiger partial charge in [0.2, 0.25) is 11.9 Å².